The second kappa shape index (κ2) is 19.1. The van der Waals surface area contributed by atoms with Crippen LogP contribution in [0.25, 0.3) is 186 Å². The molecule has 16 aromatic carbocycles. The zero-order chi connectivity index (χ0) is 56.4. The molecule has 0 atom stereocenters. The Kier molecular flexibility index (Phi) is 10.7. The summed E-state index contributed by atoms with van der Waals surface area (Å²) < 4.78 is 13.4. The molecule has 0 spiro atoms. The molecule has 2 nitrogen and oxygen atoms in total. The normalized spacial score (nSPS) is 12.0. The van der Waals surface area contributed by atoms with Gasteiger partial charge in [0.05, 0.1) is 0 Å². The third-order valence-corrected chi connectivity index (χ3v) is 18.2. The highest BCUT2D eigenvalue weighted by Crippen LogP contribution is 2.50. The van der Waals surface area contributed by atoms with Crippen LogP contribution in [0.3, 0.4) is 0 Å². The molecule has 2 heterocycles. The Morgan fingerprint density at radius 3 is 1.14 bits per heavy atom. The fraction of sp³-hybridized carbons (Fsp3) is 0. The van der Waals surface area contributed by atoms with E-state index in [1.165, 1.54) is 109 Å². The summed E-state index contributed by atoms with van der Waals surface area (Å²) >= 11 is 0. The third kappa shape index (κ3) is 7.53. The van der Waals surface area contributed by atoms with Gasteiger partial charge in [0.1, 0.15) is 22.3 Å². The Morgan fingerprint density at radius 2 is 0.512 bits per heavy atom. The summed E-state index contributed by atoms with van der Waals surface area (Å²) in [6, 6.07) is 111. The summed E-state index contributed by atoms with van der Waals surface area (Å²) in [7, 11) is 0. The predicted molar refractivity (Wildman–Crippen MR) is 364 cm³/mol. The molecule has 0 saturated carbocycles. The zero-order valence-electron chi connectivity index (χ0n) is 46.7. The van der Waals surface area contributed by atoms with Crippen LogP contribution in [0.2, 0.25) is 0 Å². The summed E-state index contributed by atoms with van der Waals surface area (Å²) in [6.45, 7) is 0. The highest BCUT2D eigenvalue weighted by atomic mass is 16.3. The lowest BCUT2D eigenvalue weighted by atomic mass is 9.83. The Bertz CT molecular complexity index is 5780. The van der Waals surface area contributed by atoms with Gasteiger partial charge in [-0.05, 0) is 203 Å². The van der Waals surface area contributed by atoms with Crippen LogP contribution in [0.15, 0.2) is 312 Å². The molecule has 0 aliphatic carbocycles. The van der Waals surface area contributed by atoms with E-state index in [1.54, 1.807) is 0 Å². The van der Waals surface area contributed by atoms with Crippen LogP contribution >= 0.6 is 0 Å². The van der Waals surface area contributed by atoms with E-state index >= 15 is 0 Å². The van der Waals surface area contributed by atoms with Gasteiger partial charge in [0, 0.05) is 21.5 Å². The smallest absolute Gasteiger partial charge is 0.136 e. The van der Waals surface area contributed by atoms with Crippen LogP contribution in [0.5, 0.6) is 0 Å². The Morgan fingerprint density at radius 1 is 0.151 bits per heavy atom. The van der Waals surface area contributed by atoms with Gasteiger partial charge in [0.2, 0.25) is 0 Å². The quantitative estimate of drug-likeness (QED) is 0.149. The largest absolute Gasteiger partial charge is 0.456 e. The molecule has 0 amide bonds. The van der Waals surface area contributed by atoms with Gasteiger partial charge in [-0.1, -0.05) is 243 Å². The minimum absolute atomic E-state index is 0.859. The van der Waals surface area contributed by atoms with E-state index in [9.17, 15) is 0 Å². The molecule has 18 aromatic rings. The van der Waals surface area contributed by atoms with Crippen molar-refractivity contribution in [3.05, 3.63) is 303 Å². The van der Waals surface area contributed by atoms with Gasteiger partial charge in [0.25, 0.3) is 0 Å². The van der Waals surface area contributed by atoms with Crippen molar-refractivity contribution in [2.24, 2.45) is 0 Å². The van der Waals surface area contributed by atoms with Crippen molar-refractivity contribution in [2.75, 3.05) is 0 Å². The Hall–Kier alpha value is -11.3. The highest BCUT2D eigenvalue weighted by molar-refractivity contribution is 6.26. The number of furan rings is 2. The van der Waals surface area contributed by atoms with E-state index in [0.29, 0.717) is 0 Å². The molecule has 2 heteroatoms. The van der Waals surface area contributed by atoms with E-state index in [4.69, 9.17) is 8.83 Å². The number of benzene rings is 16. The molecule has 0 fully saturated rings. The summed E-state index contributed by atoms with van der Waals surface area (Å²) in [6.07, 6.45) is 0. The maximum atomic E-state index is 7.03. The van der Waals surface area contributed by atoms with Crippen LogP contribution in [0.1, 0.15) is 0 Å². The first-order valence-corrected chi connectivity index (χ1v) is 29.6. The lowest BCUT2D eigenvalue weighted by Gasteiger charge is -2.19. The second-order valence-electron chi connectivity index (χ2n) is 22.9. The first-order chi connectivity index (χ1) is 42.6. The summed E-state index contributed by atoms with van der Waals surface area (Å²) in [5.41, 5.74) is 20.0. The Labute approximate surface area is 495 Å². The monoisotopic (exact) mass is 1090 g/mol. The summed E-state index contributed by atoms with van der Waals surface area (Å²) in [5.74, 6) is 0. The van der Waals surface area contributed by atoms with E-state index in [-0.39, 0.29) is 0 Å². The maximum absolute atomic E-state index is 7.03. The van der Waals surface area contributed by atoms with Crippen molar-refractivity contribution in [3.8, 4) is 77.9 Å². The van der Waals surface area contributed by atoms with Gasteiger partial charge in [-0.2, -0.15) is 0 Å². The molecular weight excluding hydrogens is 1040 g/mol. The molecule has 0 aliphatic heterocycles. The first-order valence-electron chi connectivity index (χ1n) is 29.6. The average molecular weight is 1090 g/mol. The number of rotatable bonds is 7. The fourth-order valence-corrected chi connectivity index (χ4v) is 14.3. The molecule has 0 unspecified atom stereocenters. The van der Waals surface area contributed by atoms with Gasteiger partial charge >= 0.3 is 0 Å². The van der Waals surface area contributed by atoms with E-state index in [1.807, 2.05) is 12.1 Å². The molecular formula is C84H50O2. The van der Waals surface area contributed by atoms with E-state index < -0.39 is 0 Å². The van der Waals surface area contributed by atoms with Crippen LogP contribution < -0.4 is 0 Å². The number of para-hydroxylation sites is 1. The van der Waals surface area contributed by atoms with Crippen molar-refractivity contribution in [1.29, 1.82) is 0 Å². The number of hydrogen-bond donors (Lipinski definition) is 0. The van der Waals surface area contributed by atoms with Crippen molar-refractivity contribution in [1.82, 2.24) is 0 Å². The third-order valence-electron chi connectivity index (χ3n) is 18.2. The topological polar surface area (TPSA) is 26.3 Å². The SMILES string of the molecule is c1ccc(-c2ccc(-c3c4ccccc4c(-c4ccc5c(c4)oc4cc(-c6ccc7c(-c8cccc(-c9ccc%10c(c9)oc9ccccc9%10)c8)c8ccccc8c(-c8ccc9ccccc9c8)c7c6)ccc45)c4ccccc34)c3ccccc23)cc1. The maximum Gasteiger partial charge on any atom is 0.136 e. The predicted octanol–water partition coefficient (Wildman–Crippen LogP) is 24.1. The minimum Gasteiger partial charge on any atom is -0.456 e. The number of hydrogen-bond acceptors (Lipinski definition) is 2. The fourth-order valence-electron chi connectivity index (χ4n) is 14.3. The van der Waals surface area contributed by atoms with Crippen LogP contribution in [0.4, 0.5) is 0 Å². The molecule has 0 radical (unpaired) electrons. The molecule has 18 rings (SSSR count). The lowest BCUT2D eigenvalue weighted by molar-refractivity contribution is 0.669. The van der Waals surface area contributed by atoms with Crippen molar-refractivity contribution in [3.63, 3.8) is 0 Å². The highest BCUT2D eigenvalue weighted by Gasteiger charge is 2.23. The molecule has 0 N–H and O–H groups in total. The number of fused-ring (bicyclic) bond motifs is 12. The van der Waals surface area contributed by atoms with E-state index in [0.717, 1.165) is 77.3 Å². The van der Waals surface area contributed by atoms with Gasteiger partial charge in [-0.3, -0.25) is 0 Å². The molecule has 2 aromatic heterocycles. The lowest BCUT2D eigenvalue weighted by Crippen LogP contribution is -1.92. The van der Waals surface area contributed by atoms with Gasteiger partial charge in [-0.15, -0.1) is 0 Å². The van der Waals surface area contributed by atoms with Crippen molar-refractivity contribution >= 4 is 109 Å². The van der Waals surface area contributed by atoms with Crippen LogP contribution in [-0.2, 0) is 0 Å². The van der Waals surface area contributed by atoms with E-state index in [2.05, 4.69) is 291 Å². The summed E-state index contributed by atoms with van der Waals surface area (Å²) in [5, 5.41) is 19.0. The average Bonchev–Trinajstić information content (AvgIpc) is 1.33. The van der Waals surface area contributed by atoms with Crippen molar-refractivity contribution < 1.29 is 8.83 Å². The zero-order valence-corrected chi connectivity index (χ0v) is 46.7. The first kappa shape index (κ1) is 48.2. The molecule has 0 aliphatic rings. The summed E-state index contributed by atoms with van der Waals surface area (Å²) in [4.78, 5) is 0. The van der Waals surface area contributed by atoms with Crippen molar-refractivity contribution in [2.45, 2.75) is 0 Å². The molecule has 0 saturated heterocycles. The van der Waals surface area contributed by atoms with Gasteiger partial charge < -0.3 is 8.83 Å². The molecule has 0 bridgehead atoms. The van der Waals surface area contributed by atoms with Gasteiger partial charge in [0.15, 0.2) is 0 Å². The Balaban J connectivity index is 0.781. The van der Waals surface area contributed by atoms with Gasteiger partial charge in [-0.25, -0.2) is 0 Å². The minimum atomic E-state index is 0.859. The molecule has 86 heavy (non-hydrogen) atoms. The molecule has 398 valence electrons. The van der Waals surface area contributed by atoms with Crippen LogP contribution in [-0.4, -0.2) is 0 Å². The van der Waals surface area contributed by atoms with Crippen LogP contribution in [0, 0.1) is 0 Å². The second-order valence-corrected chi connectivity index (χ2v) is 22.9. The standard InChI is InChI=1S/C84H50O2/c1-2-18-52(19-3-1)61-43-44-74(63-24-7-6-23-62(61)63)84-72-30-12-10-28-70(72)82(71-29-11-13-31-73(71)84)60-38-41-67-66-40-36-57(49-79(66)86-80(67)50-60)55-37-42-75-76(47-55)83(59-34-33-51-17-4-5-20-53(51)45-59)69-27-9-8-26-68(69)81(75)58-22-16-21-54(46-58)56-35-39-65-64-25-14-15-32-77(64)85-78(65)48-56/h1-50H.